The standard InChI is InChI=1S/C9H9Cl.C9H9F2NO2S/c10-9-5-4-7-2-1-3-8(7)6-9;1-12-8(13)6-2-4-7(5-3-6)15(14)9(10)11/h4-6H,1-3H2;2-5,9H,1H3,(H,12,13). The van der Waals surface area contributed by atoms with Gasteiger partial charge in [-0.3, -0.25) is 4.79 Å². The van der Waals surface area contributed by atoms with Gasteiger partial charge in [-0.15, -0.1) is 0 Å². The predicted octanol–water partition coefficient (Wildman–Crippen LogP) is 4.21. The summed E-state index contributed by atoms with van der Waals surface area (Å²) in [6.07, 6.45) is 3.76. The monoisotopic (exact) mass is 385 g/mol. The van der Waals surface area contributed by atoms with E-state index < -0.39 is 16.6 Å². The third-order valence-corrected chi connectivity index (χ3v) is 5.09. The van der Waals surface area contributed by atoms with Crippen molar-refractivity contribution in [2.24, 2.45) is 0 Å². The van der Waals surface area contributed by atoms with Crippen LogP contribution < -0.4 is 5.32 Å². The van der Waals surface area contributed by atoms with Gasteiger partial charge in [-0.25, -0.2) is 4.21 Å². The molecule has 0 saturated heterocycles. The lowest BCUT2D eigenvalue weighted by Crippen LogP contribution is -2.17. The molecule has 2 aromatic carbocycles. The number of nitrogens with one attached hydrogen (secondary N) is 1. The molecule has 0 aliphatic heterocycles. The molecule has 1 N–H and O–H groups in total. The van der Waals surface area contributed by atoms with Gasteiger partial charge < -0.3 is 5.32 Å². The van der Waals surface area contributed by atoms with Gasteiger partial charge in [0.1, 0.15) is 10.8 Å². The van der Waals surface area contributed by atoms with E-state index in [9.17, 15) is 17.8 Å². The Morgan fingerprint density at radius 3 is 2.36 bits per heavy atom. The first-order chi connectivity index (χ1) is 11.9. The van der Waals surface area contributed by atoms with Crippen molar-refractivity contribution in [3.63, 3.8) is 0 Å². The van der Waals surface area contributed by atoms with Crippen molar-refractivity contribution in [3.05, 3.63) is 64.2 Å². The Labute approximate surface area is 152 Å². The second-order valence-corrected chi connectivity index (χ2v) is 7.29. The molecule has 0 aromatic heterocycles. The van der Waals surface area contributed by atoms with Crippen molar-refractivity contribution >= 4 is 28.3 Å². The molecule has 7 heteroatoms. The van der Waals surface area contributed by atoms with Crippen LogP contribution in [0.15, 0.2) is 47.4 Å². The number of alkyl halides is 2. The number of carbonyl (C=O) groups excluding carboxylic acids is 1. The minimum Gasteiger partial charge on any atom is -0.355 e. The quantitative estimate of drug-likeness (QED) is 0.860. The Hall–Kier alpha value is -1.79. The van der Waals surface area contributed by atoms with Crippen LogP contribution in [-0.4, -0.2) is 22.9 Å². The summed E-state index contributed by atoms with van der Waals surface area (Å²) < 4.78 is 35.1. The highest BCUT2D eigenvalue weighted by Gasteiger charge is 2.15. The molecular weight excluding hydrogens is 368 g/mol. The van der Waals surface area contributed by atoms with Crippen LogP contribution in [0.1, 0.15) is 27.9 Å². The summed E-state index contributed by atoms with van der Waals surface area (Å²) in [7, 11) is -0.858. The molecule has 0 saturated carbocycles. The second kappa shape index (κ2) is 9.06. The Bertz CT molecular complexity index is 766. The summed E-state index contributed by atoms with van der Waals surface area (Å²) in [6, 6.07) is 11.4. The molecule has 1 atom stereocenters. The maximum absolute atomic E-state index is 12.1. The molecule has 0 spiro atoms. The van der Waals surface area contributed by atoms with Gasteiger partial charge in [0.15, 0.2) is 0 Å². The number of hydrogen-bond donors (Lipinski definition) is 1. The molecule has 1 aliphatic rings. The van der Waals surface area contributed by atoms with Gasteiger partial charge in [0.05, 0.1) is 0 Å². The van der Waals surface area contributed by atoms with Crippen molar-refractivity contribution in [2.45, 2.75) is 29.9 Å². The van der Waals surface area contributed by atoms with E-state index in [-0.39, 0.29) is 10.8 Å². The van der Waals surface area contributed by atoms with E-state index in [1.165, 1.54) is 61.7 Å². The SMILES string of the molecule is CNC(=O)c1ccc(S(=O)C(F)F)cc1.Clc1ccc2c(c1)CCC2. The van der Waals surface area contributed by atoms with Gasteiger partial charge in [0.25, 0.3) is 5.91 Å². The first-order valence-corrected chi connectivity index (χ1v) is 9.29. The molecule has 0 radical (unpaired) electrons. The molecule has 0 bridgehead atoms. The second-order valence-electron chi connectivity index (χ2n) is 5.43. The number of hydrogen-bond acceptors (Lipinski definition) is 2. The maximum Gasteiger partial charge on any atom is 0.316 e. The first-order valence-electron chi connectivity index (χ1n) is 7.70. The van der Waals surface area contributed by atoms with E-state index in [0.717, 1.165) is 5.02 Å². The third-order valence-electron chi connectivity index (χ3n) is 3.80. The highest BCUT2D eigenvalue weighted by atomic mass is 35.5. The lowest BCUT2D eigenvalue weighted by molar-refractivity contribution is 0.0963. The van der Waals surface area contributed by atoms with Crippen LogP contribution in [0.3, 0.4) is 0 Å². The Morgan fingerprint density at radius 1 is 1.12 bits per heavy atom. The molecule has 0 heterocycles. The highest BCUT2D eigenvalue weighted by Crippen LogP contribution is 2.24. The molecule has 134 valence electrons. The van der Waals surface area contributed by atoms with Crippen LogP contribution in [0, 0.1) is 0 Å². The Balaban J connectivity index is 0.000000194. The van der Waals surface area contributed by atoms with E-state index >= 15 is 0 Å². The fraction of sp³-hybridized carbons (Fsp3) is 0.278. The fourth-order valence-corrected chi connectivity index (χ4v) is 3.33. The van der Waals surface area contributed by atoms with E-state index in [2.05, 4.69) is 17.4 Å². The molecular formula is C18H18ClF2NO2S. The number of carbonyl (C=O) groups is 1. The van der Waals surface area contributed by atoms with Crippen LogP contribution >= 0.6 is 11.6 Å². The highest BCUT2D eigenvalue weighted by molar-refractivity contribution is 7.85. The number of benzene rings is 2. The zero-order valence-corrected chi connectivity index (χ0v) is 15.2. The molecule has 25 heavy (non-hydrogen) atoms. The van der Waals surface area contributed by atoms with Gasteiger partial charge in [-0.1, -0.05) is 17.7 Å². The van der Waals surface area contributed by atoms with Crippen molar-refractivity contribution in [2.75, 3.05) is 7.05 Å². The van der Waals surface area contributed by atoms with Gasteiger partial charge >= 0.3 is 5.76 Å². The predicted molar refractivity (Wildman–Crippen MR) is 95.7 cm³/mol. The van der Waals surface area contributed by atoms with Crippen LogP contribution in [0.2, 0.25) is 5.02 Å². The molecule has 1 amide bonds. The number of halogens is 3. The summed E-state index contributed by atoms with van der Waals surface area (Å²) in [6.45, 7) is 0. The Morgan fingerprint density at radius 2 is 1.76 bits per heavy atom. The Kier molecular flexibility index (Phi) is 7.08. The van der Waals surface area contributed by atoms with Crippen molar-refractivity contribution in [1.29, 1.82) is 0 Å². The normalized spacial score (nSPS) is 13.6. The first kappa shape index (κ1) is 19.5. The lowest BCUT2D eigenvalue weighted by Gasteiger charge is -2.02. The summed E-state index contributed by atoms with van der Waals surface area (Å²) in [5.74, 6) is -3.22. The van der Waals surface area contributed by atoms with Crippen molar-refractivity contribution in [1.82, 2.24) is 5.32 Å². The smallest absolute Gasteiger partial charge is 0.316 e. The number of amides is 1. The molecule has 2 aromatic rings. The van der Waals surface area contributed by atoms with Crippen LogP contribution in [0.5, 0.6) is 0 Å². The largest absolute Gasteiger partial charge is 0.355 e. The minimum absolute atomic E-state index is 0.0117. The molecule has 1 aliphatic carbocycles. The maximum atomic E-state index is 12.1. The summed E-state index contributed by atoms with van der Waals surface area (Å²) in [5.41, 5.74) is 3.28. The van der Waals surface area contributed by atoms with Gasteiger partial charge in [-0.2, -0.15) is 8.78 Å². The van der Waals surface area contributed by atoms with E-state index in [0.29, 0.717) is 5.56 Å². The van der Waals surface area contributed by atoms with Gasteiger partial charge in [0, 0.05) is 22.5 Å². The molecule has 0 fully saturated rings. The third kappa shape index (κ3) is 5.34. The zero-order chi connectivity index (χ0) is 18.4. The molecule has 3 rings (SSSR count). The van der Waals surface area contributed by atoms with Crippen LogP contribution in [-0.2, 0) is 23.6 Å². The van der Waals surface area contributed by atoms with E-state index in [1.807, 2.05) is 6.07 Å². The summed E-state index contributed by atoms with van der Waals surface area (Å²) in [5, 5.41) is 3.27. The topological polar surface area (TPSA) is 46.2 Å². The van der Waals surface area contributed by atoms with Gasteiger partial charge in [0.2, 0.25) is 0 Å². The van der Waals surface area contributed by atoms with Crippen molar-refractivity contribution < 1.29 is 17.8 Å². The average Bonchev–Trinajstić information content (AvgIpc) is 3.08. The number of fused-ring (bicyclic) bond motifs is 1. The van der Waals surface area contributed by atoms with Crippen molar-refractivity contribution in [3.8, 4) is 0 Å². The lowest BCUT2D eigenvalue weighted by atomic mass is 10.1. The van der Waals surface area contributed by atoms with Crippen LogP contribution in [0.25, 0.3) is 0 Å². The molecule has 3 nitrogen and oxygen atoms in total. The number of rotatable bonds is 3. The van der Waals surface area contributed by atoms with E-state index in [4.69, 9.17) is 11.6 Å². The zero-order valence-electron chi connectivity index (χ0n) is 13.6. The summed E-state index contributed by atoms with van der Waals surface area (Å²) >= 11 is 5.82. The van der Waals surface area contributed by atoms with E-state index in [1.54, 1.807) is 0 Å². The van der Waals surface area contributed by atoms with Gasteiger partial charge in [-0.05, 0) is 66.8 Å². The molecule has 1 unspecified atom stereocenters. The minimum atomic E-state index is -2.91. The van der Waals surface area contributed by atoms with Crippen LogP contribution in [0.4, 0.5) is 8.78 Å². The summed E-state index contributed by atoms with van der Waals surface area (Å²) in [4.78, 5) is 11.1. The average molecular weight is 386 g/mol. The number of aryl methyl sites for hydroxylation is 2. The fourth-order valence-electron chi connectivity index (χ4n) is 2.53.